The molecule has 0 N–H and O–H groups in total. The number of aromatic nitrogens is 2. The summed E-state index contributed by atoms with van der Waals surface area (Å²) < 4.78 is 4.88. The standard InChI is InChI=1S/C53H50N4/c1-50(2,3)34-12-16-39-40-17-13-35(51(4,5)6)25-45(40)56(44(39)24-34)48-23-33(30-55)43-28-49(48)57-46-26-36(52(7,8)9)14-18-41(46)42-19-15-37(27-47(42)57)53(10,11)38-21-31(29-54)20-32(43)22-38/h12-28H,1-11H3. The molecule has 4 nitrogen and oxygen atoms in total. The first-order valence-corrected chi connectivity index (χ1v) is 20.1. The minimum Gasteiger partial charge on any atom is -0.307 e. The van der Waals surface area contributed by atoms with Gasteiger partial charge in [0, 0.05) is 32.5 Å². The molecule has 9 rings (SSSR count). The van der Waals surface area contributed by atoms with E-state index in [1.54, 1.807) is 0 Å². The van der Waals surface area contributed by atoms with Crippen LogP contribution in [0.4, 0.5) is 0 Å². The van der Waals surface area contributed by atoms with Gasteiger partial charge in [-0.15, -0.1) is 0 Å². The topological polar surface area (TPSA) is 57.4 Å². The highest BCUT2D eigenvalue weighted by molar-refractivity contribution is 6.12. The molecule has 3 heterocycles. The van der Waals surface area contributed by atoms with Gasteiger partial charge in [-0.25, -0.2) is 0 Å². The largest absolute Gasteiger partial charge is 0.307 e. The molecule has 0 spiro atoms. The Bertz CT molecular complexity index is 3040. The highest BCUT2D eigenvalue weighted by Crippen LogP contribution is 2.46. The Morgan fingerprint density at radius 3 is 1.33 bits per heavy atom. The van der Waals surface area contributed by atoms with Crippen LogP contribution in [-0.2, 0) is 21.7 Å². The van der Waals surface area contributed by atoms with E-state index < -0.39 is 5.41 Å². The first-order chi connectivity index (χ1) is 26.8. The van der Waals surface area contributed by atoms with Crippen LogP contribution in [0.5, 0.6) is 0 Å². The van der Waals surface area contributed by atoms with Crippen molar-refractivity contribution in [3.8, 4) is 34.6 Å². The summed E-state index contributed by atoms with van der Waals surface area (Å²) in [7, 11) is 0. The predicted octanol–water partition coefficient (Wildman–Crippen LogP) is 13.8. The van der Waals surface area contributed by atoms with Crippen LogP contribution < -0.4 is 0 Å². The lowest BCUT2D eigenvalue weighted by atomic mass is 9.76. The number of fused-ring (bicyclic) bond motifs is 13. The number of hydrogen-bond donors (Lipinski definition) is 0. The van der Waals surface area contributed by atoms with E-state index in [9.17, 15) is 10.5 Å². The van der Waals surface area contributed by atoms with Crippen LogP contribution in [0, 0.1) is 22.7 Å². The number of nitriles is 2. The zero-order valence-electron chi connectivity index (χ0n) is 35.1. The fourth-order valence-corrected chi connectivity index (χ4v) is 8.99. The van der Waals surface area contributed by atoms with E-state index in [1.807, 2.05) is 12.1 Å². The molecule has 0 saturated carbocycles. The Balaban J connectivity index is 1.55. The number of rotatable bonds is 1. The van der Waals surface area contributed by atoms with E-state index >= 15 is 0 Å². The van der Waals surface area contributed by atoms with Crippen molar-refractivity contribution in [2.24, 2.45) is 0 Å². The second kappa shape index (κ2) is 12.0. The first-order valence-electron chi connectivity index (χ1n) is 20.1. The molecule has 0 amide bonds. The van der Waals surface area contributed by atoms with Gasteiger partial charge in [0.2, 0.25) is 0 Å². The Labute approximate surface area is 336 Å². The summed E-state index contributed by atoms with van der Waals surface area (Å²) >= 11 is 0. The van der Waals surface area contributed by atoms with Gasteiger partial charge in [-0.3, -0.25) is 0 Å². The molecule has 1 aliphatic heterocycles. The third-order valence-electron chi connectivity index (χ3n) is 12.7. The van der Waals surface area contributed by atoms with E-state index in [2.05, 4.69) is 188 Å². The highest BCUT2D eigenvalue weighted by atomic mass is 15.1. The molecule has 57 heavy (non-hydrogen) atoms. The molecule has 282 valence electrons. The van der Waals surface area contributed by atoms with Gasteiger partial charge < -0.3 is 9.13 Å². The van der Waals surface area contributed by atoms with Crippen molar-refractivity contribution < 1.29 is 0 Å². The molecular formula is C53H50N4. The van der Waals surface area contributed by atoms with Crippen LogP contribution in [0.3, 0.4) is 0 Å². The Hall–Kier alpha value is -6.10. The monoisotopic (exact) mass is 742 g/mol. The van der Waals surface area contributed by atoms with Crippen molar-refractivity contribution >= 4 is 43.6 Å². The molecule has 6 bridgehead atoms. The molecule has 1 aliphatic rings. The summed E-state index contributed by atoms with van der Waals surface area (Å²) in [5, 5.41) is 26.2. The van der Waals surface area contributed by atoms with E-state index in [0.29, 0.717) is 11.1 Å². The second-order valence-corrected chi connectivity index (χ2v) is 19.9. The lowest BCUT2D eigenvalue weighted by Crippen LogP contribution is -2.19. The fourth-order valence-electron chi connectivity index (χ4n) is 8.99. The SMILES string of the molecule is CC(C)(C)c1ccc2c3ccc(C(C)(C)C)cc3n(-c3cc(C#N)c4cc3-n3c5cc(C(C)(C)C)ccc5c5ccc(cc53)C(C)(C)c3cc(C#N)cc-4c3)c2c1. The van der Waals surface area contributed by atoms with Crippen molar-refractivity contribution in [3.63, 3.8) is 0 Å². The maximum Gasteiger partial charge on any atom is 0.0998 e. The number of nitrogens with zero attached hydrogens (tertiary/aromatic N) is 4. The van der Waals surface area contributed by atoms with Gasteiger partial charge in [0.25, 0.3) is 0 Å². The molecule has 0 radical (unpaired) electrons. The zero-order valence-corrected chi connectivity index (χ0v) is 35.1. The molecular weight excluding hydrogens is 693 g/mol. The summed E-state index contributed by atoms with van der Waals surface area (Å²) in [5.74, 6) is 0. The van der Waals surface area contributed by atoms with Crippen LogP contribution in [0.1, 0.15) is 115 Å². The quantitative estimate of drug-likeness (QED) is 0.168. The van der Waals surface area contributed by atoms with Crippen molar-refractivity contribution in [3.05, 3.63) is 142 Å². The number of benzene rings is 6. The molecule has 0 fully saturated rings. The normalized spacial score (nSPS) is 14.0. The van der Waals surface area contributed by atoms with Gasteiger partial charge >= 0.3 is 0 Å². The summed E-state index contributed by atoms with van der Waals surface area (Å²) in [6.07, 6.45) is 0. The summed E-state index contributed by atoms with van der Waals surface area (Å²) in [4.78, 5) is 0. The molecule has 0 saturated heterocycles. The van der Waals surface area contributed by atoms with Crippen LogP contribution >= 0.6 is 0 Å². The second-order valence-electron chi connectivity index (χ2n) is 19.9. The highest BCUT2D eigenvalue weighted by Gasteiger charge is 2.30. The molecule has 6 aromatic carbocycles. The van der Waals surface area contributed by atoms with Crippen molar-refractivity contribution in [1.29, 1.82) is 10.5 Å². The van der Waals surface area contributed by atoms with Crippen LogP contribution in [0.15, 0.2) is 103 Å². The van der Waals surface area contributed by atoms with Gasteiger partial charge in [-0.05, 0) is 98.2 Å². The van der Waals surface area contributed by atoms with E-state index in [0.717, 1.165) is 55.7 Å². The van der Waals surface area contributed by atoms with Crippen molar-refractivity contribution in [2.45, 2.75) is 97.8 Å². The molecule has 4 heteroatoms. The van der Waals surface area contributed by atoms with Gasteiger partial charge in [0.05, 0.1) is 56.7 Å². The summed E-state index contributed by atoms with van der Waals surface area (Å²) in [6, 6.07) is 43.2. The summed E-state index contributed by atoms with van der Waals surface area (Å²) in [5.41, 5.74) is 14.5. The number of hydrogen-bond acceptors (Lipinski definition) is 2. The maximum atomic E-state index is 11.1. The molecule has 8 aromatic rings. The van der Waals surface area contributed by atoms with Gasteiger partial charge in [0.1, 0.15) is 0 Å². The molecule has 2 aromatic heterocycles. The molecule has 0 unspecified atom stereocenters. The van der Waals surface area contributed by atoms with Gasteiger partial charge in [-0.1, -0.05) is 131 Å². The Kier molecular flexibility index (Phi) is 7.66. The lowest BCUT2D eigenvalue weighted by Gasteiger charge is -2.27. The van der Waals surface area contributed by atoms with E-state index in [-0.39, 0.29) is 16.2 Å². The van der Waals surface area contributed by atoms with E-state index in [4.69, 9.17) is 0 Å². The Morgan fingerprint density at radius 1 is 0.456 bits per heavy atom. The fraction of sp³-hybridized carbons (Fsp3) is 0.283. The third-order valence-corrected chi connectivity index (χ3v) is 12.7. The maximum absolute atomic E-state index is 11.1. The first kappa shape index (κ1) is 36.5. The minimum atomic E-state index is -0.431. The summed E-state index contributed by atoms with van der Waals surface area (Å²) in [6.45, 7) is 24.9. The van der Waals surface area contributed by atoms with Gasteiger partial charge in [-0.2, -0.15) is 10.5 Å². The molecule has 0 aliphatic carbocycles. The van der Waals surface area contributed by atoms with Crippen molar-refractivity contribution in [2.75, 3.05) is 0 Å². The zero-order chi connectivity index (χ0) is 40.6. The van der Waals surface area contributed by atoms with Crippen LogP contribution in [0.2, 0.25) is 0 Å². The van der Waals surface area contributed by atoms with Crippen molar-refractivity contribution in [1.82, 2.24) is 9.13 Å². The Morgan fingerprint density at radius 2 is 0.895 bits per heavy atom. The average Bonchev–Trinajstić information content (AvgIpc) is 3.66. The van der Waals surface area contributed by atoms with Crippen LogP contribution in [0.25, 0.3) is 66.1 Å². The minimum absolute atomic E-state index is 0.0728. The van der Waals surface area contributed by atoms with Gasteiger partial charge in [0.15, 0.2) is 0 Å². The average molecular weight is 743 g/mol. The third kappa shape index (κ3) is 5.53. The lowest BCUT2D eigenvalue weighted by molar-refractivity contribution is 0.590. The van der Waals surface area contributed by atoms with E-state index in [1.165, 1.54) is 38.2 Å². The molecule has 0 atom stereocenters. The smallest absolute Gasteiger partial charge is 0.0998 e. The van der Waals surface area contributed by atoms with Crippen LogP contribution in [-0.4, -0.2) is 9.13 Å². The predicted molar refractivity (Wildman–Crippen MR) is 238 cm³/mol.